The molecule has 178 valence electrons. The Labute approximate surface area is 205 Å². The van der Waals surface area contributed by atoms with Gasteiger partial charge in [-0.3, -0.25) is 9.59 Å². The lowest BCUT2D eigenvalue weighted by atomic mass is 10.1. The molecule has 0 saturated carbocycles. The Morgan fingerprint density at radius 1 is 0.912 bits per heavy atom. The maximum Gasteiger partial charge on any atom is 0.253 e. The zero-order chi connectivity index (χ0) is 24.3. The van der Waals surface area contributed by atoms with Crippen LogP contribution in [0.5, 0.6) is 11.5 Å². The number of carbonyl (C=O) groups is 2. The quantitative estimate of drug-likeness (QED) is 0.375. The lowest BCUT2D eigenvalue weighted by Crippen LogP contribution is -2.27. The molecule has 34 heavy (non-hydrogen) atoms. The molecule has 0 aliphatic carbocycles. The van der Waals surface area contributed by atoms with Gasteiger partial charge in [-0.1, -0.05) is 35.9 Å². The molecule has 0 spiro atoms. The van der Waals surface area contributed by atoms with Gasteiger partial charge in [-0.05, 0) is 55.3 Å². The van der Waals surface area contributed by atoms with Crippen LogP contribution in [-0.2, 0) is 11.2 Å². The number of methoxy groups -OCH3 is 2. The molecule has 0 radical (unpaired) electrons. The van der Waals surface area contributed by atoms with Crippen molar-refractivity contribution in [2.75, 3.05) is 31.8 Å². The summed E-state index contributed by atoms with van der Waals surface area (Å²) >= 11 is 1.64. The van der Waals surface area contributed by atoms with E-state index < -0.39 is 0 Å². The van der Waals surface area contributed by atoms with Crippen LogP contribution >= 0.6 is 11.8 Å². The average molecular weight is 479 g/mol. The van der Waals surface area contributed by atoms with Gasteiger partial charge in [0.05, 0.1) is 25.5 Å². The number of thioether (sulfide) groups is 1. The van der Waals surface area contributed by atoms with Gasteiger partial charge in [0.25, 0.3) is 5.91 Å². The summed E-state index contributed by atoms with van der Waals surface area (Å²) in [5, 5.41) is 5.81. The van der Waals surface area contributed by atoms with Crippen LogP contribution in [0.2, 0.25) is 0 Å². The largest absolute Gasteiger partial charge is 0.493 e. The third kappa shape index (κ3) is 7.28. The number of amides is 2. The number of hydrogen-bond donors (Lipinski definition) is 2. The van der Waals surface area contributed by atoms with E-state index in [9.17, 15) is 9.59 Å². The smallest absolute Gasteiger partial charge is 0.253 e. The van der Waals surface area contributed by atoms with Gasteiger partial charge in [0, 0.05) is 23.6 Å². The molecular formula is C27H30N2O4S. The highest BCUT2D eigenvalue weighted by Crippen LogP contribution is 2.27. The molecule has 0 bridgehead atoms. The van der Waals surface area contributed by atoms with Gasteiger partial charge in [-0.25, -0.2) is 0 Å². The molecule has 3 aromatic rings. The van der Waals surface area contributed by atoms with E-state index in [4.69, 9.17) is 9.47 Å². The van der Waals surface area contributed by atoms with Gasteiger partial charge in [-0.15, -0.1) is 11.8 Å². The van der Waals surface area contributed by atoms with Crippen molar-refractivity contribution < 1.29 is 19.1 Å². The van der Waals surface area contributed by atoms with Crippen molar-refractivity contribution >= 4 is 29.3 Å². The van der Waals surface area contributed by atoms with Crippen LogP contribution in [0.15, 0.2) is 71.6 Å². The lowest BCUT2D eigenvalue weighted by Gasteiger charge is -2.12. The summed E-state index contributed by atoms with van der Waals surface area (Å²) in [6.45, 7) is 2.50. The normalized spacial score (nSPS) is 10.4. The van der Waals surface area contributed by atoms with Crippen LogP contribution in [0.3, 0.4) is 0 Å². The Bertz CT molecular complexity index is 1120. The highest BCUT2D eigenvalue weighted by atomic mass is 32.2. The number of hydrogen-bond acceptors (Lipinski definition) is 5. The number of rotatable bonds is 11. The summed E-state index contributed by atoms with van der Waals surface area (Å²) in [5.41, 5.74) is 3.18. The van der Waals surface area contributed by atoms with Gasteiger partial charge in [-0.2, -0.15) is 0 Å². The summed E-state index contributed by atoms with van der Waals surface area (Å²) in [5.74, 6) is 1.63. The number of benzene rings is 3. The first-order valence-electron chi connectivity index (χ1n) is 11.1. The standard InChI is InChI=1S/C27H30N2O4S/c1-19-8-11-21(12-9-19)34-17-15-26(30)29-23-7-5-4-6-22(23)27(31)28-16-14-20-10-13-24(32-2)25(18-20)33-3/h4-13,18H,14-17H2,1-3H3,(H,28,31)(H,29,30). The van der Waals surface area contributed by atoms with Crippen molar-refractivity contribution in [1.29, 1.82) is 0 Å². The molecule has 3 aromatic carbocycles. The fourth-order valence-corrected chi connectivity index (χ4v) is 4.20. The Morgan fingerprint density at radius 3 is 2.38 bits per heavy atom. The van der Waals surface area contributed by atoms with Crippen molar-refractivity contribution in [2.24, 2.45) is 0 Å². The Hall–Kier alpha value is -3.45. The second-order valence-corrected chi connectivity index (χ2v) is 8.87. The molecule has 3 rings (SSSR count). The number of ether oxygens (including phenoxy) is 2. The second kappa shape index (κ2) is 12.7. The van der Waals surface area contributed by atoms with Crippen molar-refractivity contribution in [1.82, 2.24) is 5.32 Å². The molecule has 0 aromatic heterocycles. The fraction of sp³-hybridized carbons (Fsp3) is 0.259. The fourth-order valence-electron chi connectivity index (χ4n) is 3.35. The molecule has 0 atom stereocenters. The predicted molar refractivity (Wildman–Crippen MR) is 137 cm³/mol. The van der Waals surface area contributed by atoms with Gasteiger partial charge < -0.3 is 20.1 Å². The first-order chi connectivity index (χ1) is 16.5. The first kappa shape index (κ1) is 25.2. The molecule has 2 amide bonds. The number of para-hydroxylation sites is 1. The van der Waals surface area contributed by atoms with Gasteiger partial charge in [0.1, 0.15) is 0 Å². The van der Waals surface area contributed by atoms with Gasteiger partial charge in [0.15, 0.2) is 11.5 Å². The molecule has 7 heteroatoms. The van der Waals surface area contributed by atoms with E-state index in [-0.39, 0.29) is 11.8 Å². The highest BCUT2D eigenvalue weighted by molar-refractivity contribution is 7.99. The molecule has 0 unspecified atom stereocenters. The lowest BCUT2D eigenvalue weighted by molar-refractivity contribution is -0.115. The molecule has 6 nitrogen and oxygen atoms in total. The summed E-state index contributed by atoms with van der Waals surface area (Å²) in [6.07, 6.45) is 0.991. The summed E-state index contributed by atoms with van der Waals surface area (Å²) in [6, 6.07) is 21.0. The Kier molecular flexibility index (Phi) is 9.40. The minimum atomic E-state index is -0.231. The molecule has 0 fully saturated rings. The summed E-state index contributed by atoms with van der Waals surface area (Å²) in [7, 11) is 3.19. The van der Waals surface area contributed by atoms with Crippen molar-refractivity contribution in [2.45, 2.75) is 24.7 Å². The second-order valence-electron chi connectivity index (χ2n) is 7.70. The first-order valence-corrected chi connectivity index (χ1v) is 12.1. The van der Waals surface area contributed by atoms with Gasteiger partial charge in [0.2, 0.25) is 5.91 Å². The number of carbonyl (C=O) groups excluding carboxylic acids is 2. The van der Waals surface area contributed by atoms with Crippen LogP contribution in [-0.4, -0.2) is 38.3 Å². The molecule has 0 aliphatic heterocycles. The van der Waals surface area contributed by atoms with E-state index in [1.807, 2.05) is 25.1 Å². The van der Waals surface area contributed by atoms with Crippen molar-refractivity contribution in [3.8, 4) is 11.5 Å². The Morgan fingerprint density at radius 2 is 1.65 bits per heavy atom. The monoisotopic (exact) mass is 478 g/mol. The zero-order valence-electron chi connectivity index (χ0n) is 19.7. The Balaban J connectivity index is 1.51. The number of aryl methyl sites for hydroxylation is 1. The van der Waals surface area contributed by atoms with Crippen LogP contribution in [0.4, 0.5) is 5.69 Å². The SMILES string of the molecule is COc1ccc(CCNC(=O)c2ccccc2NC(=O)CCSc2ccc(C)cc2)cc1OC. The third-order valence-electron chi connectivity index (χ3n) is 5.21. The van der Waals surface area contributed by atoms with Gasteiger partial charge >= 0.3 is 0 Å². The molecular weight excluding hydrogens is 448 g/mol. The highest BCUT2D eigenvalue weighted by Gasteiger charge is 2.13. The molecule has 0 aliphatic rings. The molecule has 0 heterocycles. The van der Waals surface area contributed by atoms with E-state index in [2.05, 4.69) is 34.9 Å². The van der Waals surface area contributed by atoms with Crippen molar-refractivity contribution in [3.63, 3.8) is 0 Å². The van der Waals surface area contributed by atoms with E-state index in [0.717, 1.165) is 10.5 Å². The third-order valence-corrected chi connectivity index (χ3v) is 6.23. The number of nitrogens with one attached hydrogen (secondary N) is 2. The average Bonchev–Trinajstić information content (AvgIpc) is 2.85. The van der Waals surface area contributed by atoms with Crippen LogP contribution in [0.1, 0.15) is 27.9 Å². The van der Waals surface area contributed by atoms with E-state index in [1.54, 1.807) is 50.2 Å². The van der Waals surface area contributed by atoms with Crippen LogP contribution in [0.25, 0.3) is 0 Å². The van der Waals surface area contributed by atoms with E-state index in [1.165, 1.54) is 5.56 Å². The maximum absolute atomic E-state index is 12.8. The predicted octanol–water partition coefficient (Wildman–Crippen LogP) is 5.11. The zero-order valence-corrected chi connectivity index (χ0v) is 20.5. The summed E-state index contributed by atoms with van der Waals surface area (Å²) in [4.78, 5) is 26.4. The molecule has 2 N–H and O–H groups in total. The summed E-state index contributed by atoms with van der Waals surface area (Å²) < 4.78 is 10.6. The molecule has 0 saturated heterocycles. The van der Waals surface area contributed by atoms with Crippen LogP contribution in [0, 0.1) is 6.92 Å². The minimum Gasteiger partial charge on any atom is -0.493 e. The van der Waals surface area contributed by atoms with Crippen LogP contribution < -0.4 is 20.1 Å². The minimum absolute atomic E-state index is 0.120. The number of anilines is 1. The van der Waals surface area contributed by atoms with E-state index in [0.29, 0.717) is 47.9 Å². The van der Waals surface area contributed by atoms with E-state index >= 15 is 0 Å². The maximum atomic E-state index is 12.8. The van der Waals surface area contributed by atoms with Crippen molar-refractivity contribution in [3.05, 3.63) is 83.4 Å². The topological polar surface area (TPSA) is 76.7 Å².